The summed E-state index contributed by atoms with van der Waals surface area (Å²) in [6.45, 7) is 2.39. The summed E-state index contributed by atoms with van der Waals surface area (Å²) in [5, 5.41) is 0. The number of hydrogen-bond donors (Lipinski definition) is 2. The molecule has 1 amide bonds. The van der Waals surface area contributed by atoms with E-state index in [0.29, 0.717) is 18.4 Å². The number of nitrogens with zero attached hydrogens (tertiary/aromatic N) is 1. The van der Waals surface area contributed by atoms with Crippen molar-refractivity contribution in [3.8, 4) is 0 Å². The molecule has 2 aliphatic rings. The summed E-state index contributed by atoms with van der Waals surface area (Å²) in [4.78, 5) is 15.1. The lowest BCUT2D eigenvalue weighted by molar-refractivity contribution is -0.134. The van der Waals surface area contributed by atoms with Crippen LogP contribution in [0.4, 0.5) is 5.69 Å². The summed E-state index contributed by atoms with van der Waals surface area (Å²) in [6, 6.07) is 7.82. The molecule has 4 N–H and O–H groups in total. The molecule has 1 aromatic rings. The first-order valence-corrected chi connectivity index (χ1v) is 8.01. The fraction of sp³-hybridized carbons (Fsp3) is 0.588. The van der Waals surface area contributed by atoms with Crippen molar-refractivity contribution in [1.29, 1.82) is 0 Å². The van der Waals surface area contributed by atoms with E-state index in [0.717, 1.165) is 50.0 Å². The minimum atomic E-state index is -0.281. The van der Waals surface area contributed by atoms with E-state index >= 15 is 0 Å². The molecule has 0 bridgehead atoms. The van der Waals surface area contributed by atoms with Crippen LogP contribution >= 0.6 is 0 Å². The zero-order valence-corrected chi connectivity index (χ0v) is 12.6. The fourth-order valence-corrected chi connectivity index (χ4v) is 3.46. The standard InChI is InChI=1S/C17H25N3O/c18-11-13-3-1-2-10-20(12-13)16(21)17(8-9-17)14-4-6-15(19)7-5-14/h4-7,13H,1-3,8-12,18-19H2. The van der Waals surface area contributed by atoms with Crippen LogP contribution in [0.5, 0.6) is 0 Å². The lowest BCUT2D eigenvalue weighted by Crippen LogP contribution is -2.42. The summed E-state index contributed by atoms with van der Waals surface area (Å²) in [7, 11) is 0. The highest BCUT2D eigenvalue weighted by atomic mass is 16.2. The first kappa shape index (κ1) is 14.4. The predicted molar refractivity (Wildman–Crippen MR) is 84.7 cm³/mol. The molecule has 2 fully saturated rings. The second-order valence-corrected chi connectivity index (χ2v) is 6.55. The van der Waals surface area contributed by atoms with E-state index in [-0.39, 0.29) is 5.41 Å². The molecule has 0 spiro atoms. The maximum Gasteiger partial charge on any atom is 0.233 e. The maximum atomic E-state index is 13.0. The lowest BCUT2D eigenvalue weighted by atomic mass is 9.93. The molecule has 1 saturated heterocycles. The Morgan fingerprint density at radius 2 is 1.95 bits per heavy atom. The van der Waals surface area contributed by atoms with Gasteiger partial charge in [-0.3, -0.25) is 4.79 Å². The van der Waals surface area contributed by atoms with Gasteiger partial charge in [0.1, 0.15) is 0 Å². The van der Waals surface area contributed by atoms with Gasteiger partial charge in [-0.1, -0.05) is 18.6 Å². The molecule has 4 nitrogen and oxygen atoms in total. The van der Waals surface area contributed by atoms with Crippen LogP contribution < -0.4 is 11.5 Å². The van der Waals surface area contributed by atoms with Gasteiger partial charge < -0.3 is 16.4 Å². The van der Waals surface area contributed by atoms with Gasteiger partial charge in [0, 0.05) is 18.8 Å². The fourth-order valence-electron chi connectivity index (χ4n) is 3.46. The average Bonchev–Trinajstić information content (AvgIpc) is 3.31. The molecule has 1 heterocycles. The van der Waals surface area contributed by atoms with Crippen LogP contribution in [0, 0.1) is 5.92 Å². The number of nitrogen functional groups attached to an aromatic ring is 1. The van der Waals surface area contributed by atoms with E-state index < -0.39 is 0 Å². The quantitative estimate of drug-likeness (QED) is 0.834. The number of likely N-dealkylation sites (tertiary alicyclic amines) is 1. The van der Waals surface area contributed by atoms with Crippen molar-refractivity contribution in [2.75, 3.05) is 25.4 Å². The summed E-state index contributed by atoms with van der Waals surface area (Å²) >= 11 is 0. The molecule has 1 atom stereocenters. The molecule has 1 aliphatic carbocycles. The molecule has 4 heteroatoms. The van der Waals surface area contributed by atoms with Crippen LogP contribution in [-0.2, 0) is 10.2 Å². The molecule has 1 aromatic carbocycles. The second kappa shape index (κ2) is 5.68. The number of benzene rings is 1. The lowest BCUT2D eigenvalue weighted by Gasteiger charge is -2.28. The van der Waals surface area contributed by atoms with Crippen LogP contribution in [-0.4, -0.2) is 30.4 Å². The minimum absolute atomic E-state index is 0.281. The number of anilines is 1. The van der Waals surface area contributed by atoms with Crippen molar-refractivity contribution in [3.05, 3.63) is 29.8 Å². The number of carbonyl (C=O) groups is 1. The third-order valence-corrected chi connectivity index (χ3v) is 5.01. The van der Waals surface area contributed by atoms with Gasteiger partial charge in [0.15, 0.2) is 0 Å². The van der Waals surface area contributed by atoms with Gasteiger partial charge in [-0.05, 0) is 55.8 Å². The van der Waals surface area contributed by atoms with E-state index in [1.54, 1.807) is 0 Å². The maximum absolute atomic E-state index is 13.0. The van der Waals surface area contributed by atoms with Crippen LogP contribution in [0.2, 0.25) is 0 Å². The van der Waals surface area contributed by atoms with Gasteiger partial charge in [0.25, 0.3) is 0 Å². The largest absolute Gasteiger partial charge is 0.399 e. The van der Waals surface area contributed by atoms with Crippen LogP contribution in [0.3, 0.4) is 0 Å². The Hall–Kier alpha value is -1.55. The van der Waals surface area contributed by atoms with Crippen molar-refractivity contribution < 1.29 is 4.79 Å². The summed E-state index contributed by atoms with van der Waals surface area (Å²) < 4.78 is 0. The SMILES string of the molecule is NCC1CCCCN(C(=O)C2(c3ccc(N)cc3)CC2)C1. The molecule has 0 aromatic heterocycles. The molecule has 1 unspecified atom stereocenters. The van der Waals surface area contributed by atoms with Gasteiger partial charge in [-0.25, -0.2) is 0 Å². The molecule has 1 saturated carbocycles. The molecule has 3 rings (SSSR count). The van der Waals surface area contributed by atoms with Gasteiger partial charge in [0.05, 0.1) is 5.41 Å². The van der Waals surface area contributed by atoms with Crippen molar-refractivity contribution in [1.82, 2.24) is 4.90 Å². The van der Waals surface area contributed by atoms with Crippen molar-refractivity contribution in [2.45, 2.75) is 37.5 Å². The molecular formula is C17H25N3O. The first-order chi connectivity index (χ1) is 10.2. The van der Waals surface area contributed by atoms with E-state index in [9.17, 15) is 4.79 Å². The number of hydrogen-bond acceptors (Lipinski definition) is 3. The number of nitrogens with two attached hydrogens (primary N) is 2. The zero-order chi connectivity index (χ0) is 14.9. The van der Waals surface area contributed by atoms with Crippen molar-refractivity contribution >= 4 is 11.6 Å². The third-order valence-electron chi connectivity index (χ3n) is 5.01. The van der Waals surface area contributed by atoms with Gasteiger partial charge in [-0.15, -0.1) is 0 Å². The van der Waals surface area contributed by atoms with Crippen molar-refractivity contribution in [2.24, 2.45) is 11.7 Å². The third kappa shape index (κ3) is 2.77. The Kier molecular flexibility index (Phi) is 3.89. The topological polar surface area (TPSA) is 72.3 Å². The van der Waals surface area contributed by atoms with Crippen molar-refractivity contribution in [3.63, 3.8) is 0 Å². The monoisotopic (exact) mass is 287 g/mol. The van der Waals surface area contributed by atoms with Crippen LogP contribution in [0.15, 0.2) is 24.3 Å². The van der Waals surface area contributed by atoms with Crippen LogP contribution in [0.1, 0.15) is 37.7 Å². The Bertz CT molecular complexity index is 507. The van der Waals surface area contributed by atoms with E-state index in [2.05, 4.69) is 4.90 Å². The van der Waals surface area contributed by atoms with Crippen LogP contribution in [0.25, 0.3) is 0 Å². The first-order valence-electron chi connectivity index (χ1n) is 8.01. The highest BCUT2D eigenvalue weighted by Crippen LogP contribution is 2.50. The minimum Gasteiger partial charge on any atom is -0.399 e. The second-order valence-electron chi connectivity index (χ2n) is 6.55. The number of rotatable bonds is 3. The molecule has 114 valence electrons. The molecule has 0 radical (unpaired) electrons. The Morgan fingerprint density at radius 3 is 2.57 bits per heavy atom. The molecular weight excluding hydrogens is 262 g/mol. The normalized spacial score (nSPS) is 24.4. The molecule has 21 heavy (non-hydrogen) atoms. The van der Waals surface area contributed by atoms with E-state index in [1.165, 1.54) is 6.42 Å². The Labute approximate surface area is 126 Å². The summed E-state index contributed by atoms with van der Waals surface area (Å²) in [6.07, 6.45) is 5.34. The average molecular weight is 287 g/mol. The Balaban J connectivity index is 1.78. The van der Waals surface area contributed by atoms with Gasteiger partial charge >= 0.3 is 0 Å². The van der Waals surface area contributed by atoms with E-state index in [4.69, 9.17) is 11.5 Å². The summed E-state index contributed by atoms with van der Waals surface area (Å²) in [5.41, 5.74) is 13.2. The smallest absolute Gasteiger partial charge is 0.233 e. The van der Waals surface area contributed by atoms with E-state index in [1.807, 2.05) is 24.3 Å². The highest BCUT2D eigenvalue weighted by molar-refractivity contribution is 5.91. The summed E-state index contributed by atoms with van der Waals surface area (Å²) in [5.74, 6) is 0.756. The number of amides is 1. The Morgan fingerprint density at radius 1 is 1.24 bits per heavy atom. The zero-order valence-electron chi connectivity index (χ0n) is 12.6. The van der Waals surface area contributed by atoms with Gasteiger partial charge in [-0.2, -0.15) is 0 Å². The predicted octanol–water partition coefficient (Wildman–Crippen LogP) is 1.89. The van der Waals surface area contributed by atoms with Gasteiger partial charge in [0.2, 0.25) is 5.91 Å². The highest BCUT2D eigenvalue weighted by Gasteiger charge is 2.53. The number of carbonyl (C=O) groups excluding carboxylic acids is 1. The molecule has 1 aliphatic heterocycles.